The Hall–Kier alpha value is -0.880. The Labute approximate surface area is 76.1 Å². The molecule has 1 aromatic rings. The Morgan fingerprint density at radius 3 is 3.08 bits per heavy atom. The van der Waals surface area contributed by atoms with Crippen LogP contribution in [0, 0.1) is 0 Å². The van der Waals surface area contributed by atoms with Crippen LogP contribution >= 0.6 is 0 Å². The first kappa shape index (κ1) is 8.71. The zero-order chi connectivity index (χ0) is 9.31. The van der Waals surface area contributed by atoms with Gasteiger partial charge in [-0.25, -0.2) is 13.4 Å². The van der Waals surface area contributed by atoms with Crippen LogP contribution in [0.2, 0.25) is 0 Å². The van der Waals surface area contributed by atoms with E-state index in [1.54, 1.807) is 6.20 Å². The van der Waals surface area contributed by atoms with E-state index >= 15 is 0 Å². The normalized spacial score (nSPS) is 27.2. The van der Waals surface area contributed by atoms with Gasteiger partial charge in [0.25, 0.3) is 0 Å². The topological polar surface area (TPSA) is 72.2 Å². The summed E-state index contributed by atoms with van der Waals surface area (Å²) in [6.45, 7) is 0.480. The molecule has 1 aliphatic rings. The number of nitrogens with one attached hydrogen (secondary N) is 1. The first-order valence-electron chi connectivity index (χ1n) is 3.99. The molecular weight excluding hydrogens is 192 g/mol. The minimum atomic E-state index is -2.91. The average Bonchev–Trinajstić information content (AvgIpc) is 2.53. The number of aromatic nitrogens is 1. The zero-order valence-electron chi connectivity index (χ0n) is 6.93. The standard InChI is InChI=1S/C7H10N2O3S/c10-13(11)2-1-9-6(4-13)7-3-8-5-12-7/h3,5-6,9H,1-2,4H2. The van der Waals surface area contributed by atoms with Gasteiger partial charge in [-0.15, -0.1) is 0 Å². The Bertz CT molecular complexity index is 370. The first-order valence-corrected chi connectivity index (χ1v) is 5.82. The minimum Gasteiger partial charge on any atom is -0.447 e. The second kappa shape index (κ2) is 3.12. The molecule has 6 heteroatoms. The maximum Gasteiger partial charge on any atom is 0.180 e. The van der Waals surface area contributed by atoms with Crippen LogP contribution < -0.4 is 5.32 Å². The molecule has 1 saturated heterocycles. The third-order valence-corrected chi connectivity index (χ3v) is 3.69. The summed E-state index contributed by atoms with van der Waals surface area (Å²) in [7, 11) is -2.91. The highest BCUT2D eigenvalue weighted by molar-refractivity contribution is 7.91. The number of rotatable bonds is 1. The predicted octanol–water partition coefficient (Wildman–Crippen LogP) is -0.266. The highest BCUT2D eigenvalue weighted by Crippen LogP contribution is 2.17. The van der Waals surface area contributed by atoms with E-state index in [-0.39, 0.29) is 17.5 Å². The van der Waals surface area contributed by atoms with Gasteiger partial charge in [0.15, 0.2) is 16.2 Å². The lowest BCUT2D eigenvalue weighted by Crippen LogP contribution is -2.38. The molecule has 0 amide bonds. The maximum absolute atomic E-state index is 11.3. The molecule has 2 rings (SSSR count). The van der Waals surface area contributed by atoms with Gasteiger partial charge in [0.1, 0.15) is 5.76 Å². The van der Waals surface area contributed by atoms with E-state index in [1.807, 2.05) is 0 Å². The smallest absolute Gasteiger partial charge is 0.180 e. The highest BCUT2D eigenvalue weighted by Gasteiger charge is 2.27. The molecule has 5 nitrogen and oxygen atoms in total. The summed E-state index contributed by atoms with van der Waals surface area (Å²) in [6, 6.07) is -0.235. The zero-order valence-corrected chi connectivity index (χ0v) is 7.75. The van der Waals surface area contributed by atoms with Crippen LogP contribution in [0.15, 0.2) is 17.0 Å². The summed E-state index contributed by atoms with van der Waals surface area (Å²) in [5.41, 5.74) is 0. The van der Waals surface area contributed by atoms with Crippen molar-refractivity contribution in [3.8, 4) is 0 Å². The second-order valence-corrected chi connectivity index (χ2v) is 5.25. The Morgan fingerprint density at radius 2 is 2.46 bits per heavy atom. The van der Waals surface area contributed by atoms with Crippen LogP contribution in [0.5, 0.6) is 0 Å². The summed E-state index contributed by atoms with van der Waals surface area (Å²) in [4.78, 5) is 3.74. The van der Waals surface area contributed by atoms with E-state index in [1.165, 1.54) is 6.39 Å². The van der Waals surface area contributed by atoms with E-state index in [4.69, 9.17) is 4.42 Å². The molecule has 0 radical (unpaired) electrons. The molecule has 1 atom stereocenters. The SMILES string of the molecule is O=S1(=O)CCNC(c2cnco2)C1. The van der Waals surface area contributed by atoms with Crippen molar-refractivity contribution in [2.75, 3.05) is 18.1 Å². The maximum atomic E-state index is 11.3. The third kappa shape index (κ3) is 1.89. The van der Waals surface area contributed by atoms with Crippen LogP contribution in [0.25, 0.3) is 0 Å². The predicted molar refractivity (Wildman–Crippen MR) is 45.9 cm³/mol. The van der Waals surface area contributed by atoms with Gasteiger partial charge in [0.05, 0.1) is 23.7 Å². The van der Waals surface area contributed by atoms with Gasteiger partial charge in [-0.3, -0.25) is 0 Å². The molecule has 1 fully saturated rings. The molecule has 1 aliphatic heterocycles. The fourth-order valence-electron chi connectivity index (χ4n) is 1.37. The summed E-state index contributed by atoms with van der Waals surface area (Å²) in [5.74, 6) is 0.892. The van der Waals surface area contributed by atoms with E-state index in [9.17, 15) is 8.42 Å². The fourth-order valence-corrected chi connectivity index (χ4v) is 2.75. The number of hydrogen-bond donors (Lipinski definition) is 1. The third-order valence-electron chi connectivity index (χ3n) is 2.02. The molecule has 1 N–H and O–H groups in total. The van der Waals surface area contributed by atoms with E-state index in [0.717, 1.165) is 0 Å². The molecule has 1 aromatic heterocycles. The van der Waals surface area contributed by atoms with Crippen molar-refractivity contribution in [1.82, 2.24) is 10.3 Å². The molecule has 0 spiro atoms. The van der Waals surface area contributed by atoms with Crippen molar-refractivity contribution in [3.63, 3.8) is 0 Å². The molecule has 0 bridgehead atoms. The van der Waals surface area contributed by atoms with Gasteiger partial charge in [0, 0.05) is 6.54 Å². The van der Waals surface area contributed by atoms with Crippen LogP contribution in [0.1, 0.15) is 11.8 Å². The summed E-state index contributed by atoms with van der Waals surface area (Å²) in [5, 5.41) is 3.06. The largest absolute Gasteiger partial charge is 0.447 e. The summed E-state index contributed by atoms with van der Waals surface area (Å²) in [6.07, 6.45) is 2.84. The van der Waals surface area contributed by atoms with E-state index in [2.05, 4.69) is 10.3 Å². The van der Waals surface area contributed by atoms with E-state index < -0.39 is 9.84 Å². The van der Waals surface area contributed by atoms with Crippen molar-refractivity contribution in [2.24, 2.45) is 0 Å². The van der Waals surface area contributed by atoms with Crippen molar-refractivity contribution >= 4 is 9.84 Å². The van der Waals surface area contributed by atoms with Gasteiger partial charge in [0.2, 0.25) is 0 Å². The fraction of sp³-hybridized carbons (Fsp3) is 0.571. The van der Waals surface area contributed by atoms with Crippen molar-refractivity contribution in [1.29, 1.82) is 0 Å². The van der Waals surface area contributed by atoms with Crippen molar-refractivity contribution < 1.29 is 12.8 Å². The molecule has 2 heterocycles. The van der Waals surface area contributed by atoms with Crippen molar-refractivity contribution in [3.05, 3.63) is 18.4 Å². The average molecular weight is 202 g/mol. The number of sulfone groups is 1. The Balaban J connectivity index is 2.18. The van der Waals surface area contributed by atoms with Crippen LogP contribution in [-0.2, 0) is 9.84 Å². The lowest BCUT2D eigenvalue weighted by Gasteiger charge is -2.21. The van der Waals surface area contributed by atoms with Crippen LogP contribution in [-0.4, -0.2) is 31.5 Å². The highest BCUT2D eigenvalue weighted by atomic mass is 32.2. The molecule has 13 heavy (non-hydrogen) atoms. The quantitative estimate of drug-likeness (QED) is 0.679. The van der Waals surface area contributed by atoms with E-state index in [0.29, 0.717) is 12.3 Å². The number of oxazole rings is 1. The molecule has 0 aliphatic carbocycles. The molecule has 0 saturated carbocycles. The monoisotopic (exact) mass is 202 g/mol. The second-order valence-electron chi connectivity index (χ2n) is 3.02. The van der Waals surface area contributed by atoms with Gasteiger partial charge in [-0.2, -0.15) is 0 Å². The van der Waals surface area contributed by atoms with Gasteiger partial charge in [-0.05, 0) is 0 Å². The lowest BCUT2D eigenvalue weighted by atomic mass is 10.3. The molecule has 72 valence electrons. The number of nitrogens with zero attached hydrogens (tertiary/aromatic N) is 1. The Kier molecular flexibility index (Phi) is 2.09. The number of hydrogen-bond acceptors (Lipinski definition) is 5. The first-order chi connectivity index (χ1) is 6.17. The Morgan fingerprint density at radius 1 is 1.62 bits per heavy atom. The van der Waals surface area contributed by atoms with Gasteiger partial charge in [-0.1, -0.05) is 0 Å². The van der Waals surface area contributed by atoms with Gasteiger partial charge >= 0.3 is 0 Å². The van der Waals surface area contributed by atoms with Gasteiger partial charge < -0.3 is 9.73 Å². The molecular formula is C7H10N2O3S. The minimum absolute atomic E-state index is 0.0994. The van der Waals surface area contributed by atoms with Crippen LogP contribution in [0.4, 0.5) is 0 Å². The molecule has 0 aromatic carbocycles. The van der Waals surface area contributed by atoms with Crippen molar-refractivity contribution in [2.45, 2.75) is 6.04 Å². The molecule has 1 unspecified atom stereocenters. The summed E-state index contributed by atoms with van der Waals surface area (Å²) < 4.78 is 27.5. The van der Waals surface area contributed by atoms with Crippen LogP contribution in [0.3, 0.4) is 0 Å². The lowest BCUT2D eigenvalue weighted by molar-refractivity contribution is 0.425. The summed E-state index contributed by atoms with van der Waals surface area (Å²) >= 11 is 0.